The summed E-state index contributed by atoms with van der Waals surface area (Å²) in [5, 5.41) is 12.9. The van der Waals surface area contributed by atoms with E-state index in [4.69, 9.17) is 0 Å². The summed E-state index contributed by atoms with van der Waals surface area (Å²) < 4.78 is 0. The molecular weight excluding hydrogens is 228 g/mol. The van der Waals surface area contributed by atoms with Crippen LogP contribution >= 0.6 is 0 Å². The van der Waals surface area contributed by atoms with Gasteiger partial charge in [-0.1, -0.05) is 12.1 Å². The van der Waals surface area contributed by atoms with Gasteiger partial charge in [0.2, 0.25) is 0 Å². The van der Waals surface area contributed by atoms with Gasteiger partial charge in [0.05, 0.1) is 6.10 Å². The van der Waals surface area contributed by atoms with Gasteiger partial charge in [-0.3, -0.25) is 4.79 Å². The standard InChI is InChI=1S/C14H18N2O2/c1-15-7-13(17)9-2-3-10-8-16(11-4-5-11)14(18)12(10)6-9/h2-3,6,11,13,15,17H,4-5,7-8H2,1H3. The number of aliphatic hydroxyl groups is 1. The Morgan fingerprint density at radius 2 is 2.28 bits per heavy atom. The second-order valence-corrected chi connectivity index (χ2v) is 5.15. The van der Waals surface area contributed by atoms with E-state index in [-0.39, 0.29) is 5.91 Å². The lowest BCUT2D eigenvalue weighted by Crippen LogP contribution is -2.25. The van der Waals surface area contributed by atoms with Crippen LogP contribution in [0.5, 0.6) is 0 Å². The van der Waals surface area contributed by atoms with E-state index in [0.717, 1.165) is 36.1 Å². The normalized spacial score (nSPS) is 20.1. The van der Waals surface area contributed by atoms with Crippen molar-refractivity contribution in [2.45, 2.75) is 31.5 Å². The van der Waals surface area contributed by atoms with Gasteiger partial charge >= 0.3 is 0 Å². The molecule has 1 heterocycles. The van der Waals surface area contributed by atoms with Crippen molar-refractivity contribution < 1.29 is 9.90 Å². The van der Waals surface area contributed by atoms with Crippen LogP contribution in [0.3, 0.4) is 0 Å². The number of rotatable bonds is 4. The molecule has 0 saturated heterocycles. The molecule has 0 bridgehead atoms. The third-order valence-corrected chi connectivity index (χ3v) is 3.74. The van der Waals surface area contributed by atoms with Crippen LogP contribution in [0.2, 0.25) is 0 Å². The van der Waals surface area contributed by atoms with Crippen LogP contribution in [0.4, 0.5) is 0 Å². The molecule has 4 nitrogen and oxygen atoms in total. The Labute approximate surface area is 107 Å². The van der Waals surface area contributed by atoms with Crippen LogP contribution in [-0.2, 0) is 6.54 Å². The molecule has 0 spiro atoms. The van der Waals surface area contributed by atoms with Crippen molar-refractivity contribution in [1.82, 2.24) is 10.2 Å². The predicted octanol–water partition coefficient (Wildman–Crippen LogP) is 1.06. The molecule has 1 unspecified atom stereocenters. The molecule has 1 amide bonds. The number of hydrogen-bond donors (Lipinski definition) is 2. The number of carbonyl (C=O) groups is 1. The first-order valence-electron chi connectivity index (χ1n) is 6.47. The average molecular weight is 246 g/mol. The minimum absolute atomic E-state index is 0.131. The van der Waals surface area contributed by atoms with Crippen molar-refractivity contribution in [3.8, 4) is 0 Å². The highest BCUT2D eigenvalue weighted by atomic mass is 16.3. The highest BCUT2D eigenvalue weighted by Crippen LogP contribution is 2.35. The van der Waals surface area contributed by atoms with Gasteiger partial charge in [0.1, 0.15) is 0 Å². The van der Waals surface area contributed by atoms with Crippen LogP contribution in [0.25, 0.3) is 0 Å². The molecule has 3 rings (SSSR count). The Kier molecular flexibility index (Phi) is 2.84. The second-order valence-electron chi connectivity index (χ2n) is 5.15. The third kappa shape index (κ3) is 1.91. The number of benzene rings is 1. The Morgan fingerprint density at radius 3 is 2.94 bits per heavy atom. The van der Waals surface area contributed by atoms with Crippen LogP contribution in [-0.4, -0.2) is 35.5 Å². The first-order valence-corrected chi connectivity index (χ1v) is 6.47. The third-order valence-electron chi connectivity index (χ3n) is 3.74. The highest BCUT2D eigenvalue weighted by molar-refractivity contribution is 5.98. The number of nitrogens with zero attached hydrogens (tertiary/aromatic N) is 1. The van der Waals surface area contributed by atoms with Crippen molar-refractivity contribution in [3.63, 3.8) is 0 Å². The van der Waals surface area contributed by atoms with Crippen LogP contribution in [0, 0.1) is 0 Å². The molecule has 0 aromatic heterocycles. The Bertz CT molecular complexity index is 483. The molecule has 1 fully saturated rings. The maximum atomic E-state index is 12.2. The van der Waals surface area contributed by atoms with E-state index in [0.29, 0.717) is 12.6 Å². The number of nitrogens with one attached hydrogen (secondary N) is 1. The molecule has 1 aliphatic carbocycles. The van der Waals surface area contributed by atoms with Crippen LogP contribution < -0.4 is 5.32 Å². The van der Waals surface area contributed by atoms with Gasteiger partial charge in [0, 0.05) is 24.7 Å². The van der Waals surface area contributed by atoms with Crippen LogP contribution in [0.1, 0.15) is 40.4 Å². The molecule has 96 valence electrons. The molecule has 18 heavy (non-hydrogen) atoms. The fourth-order valence-electron chi connectivity index (χ4n) is 2.54. The van der Waals surface area contributed by atoms with Gasteiger partial charge in [-0.2, -0.15) is 0 Å². The summed E-state index contributed by atoms with van der Waals surface area (Å²) in [5.41, 5.74) is 2.68. The van der Waals surface area contributed by atoms with Gasteiger partial charge < -0.3 is 15.3 Å². The Morgan fingerprint density at radius 1 is 1.50 bits per heavy atom. The van der Waals surface area contributed by atoms with E-state index in [1.54, 1.807) is 7.05 Å². The lowest BCUT2D eigenvalue weighted by Gasteiger charge is -2.13. The zero-order valence-corrected chi connectivity index (χ0v) is 10.5. The summed E-state index contributed by atoms with van der Waals surface area (Å²) in [6.45, 7) is 1.24. The number of carbonyl (C=O) groups excluding carboxylic acids is 1. The fraction of sp³-hybridized carbons (Fsp3) is 0.500. The number of aliphatic hydroxyl groups excluding tert-OH is 1. The number of amides is 1. The van der Waals surface area contributed by atoms with Gasteiger partial charge in [0.15, 0.2) is 0 Å². The van der Waals surface area contributed by atoms with Crippen molar-refractivity contribution in [2.24, 2.45) is 0 Å². The first kappa shape index (κ1) is 11.7. The first-order chi connectivity index (χ1) is 8.70. The minimum atomic E-state index is -0.553. The average Bonchev–Trinajstić information content (AvgIpc) is 3.15. The predicted molar refractivity (Wildman–Crippen MR) is 68.2 cm³/mol. The molecule has 1 saturated carbocycles. The Hall–Kier alpha value is -1.39. The summed E-state index contributed by atoms with van der Waals surface area (Å²) in [6, 6.07) is 6.20. The van der Waals surface area contributed by atoms with Crippen molar-refractivity contribution in [3.05, 3.63) is 34.9 Å². The molecule has 2 aliphatic rings. The van der Waals surface area contributed by atoms with Gasteiger partial charge in [-0.05, 0) is 37.1 Å². The maximum absolute atomic E-state index is 12.2. The van der Waals surface area contributed by atoms with Crippen molar-refractivity contribution in [1.29, 1.82) is 0 Å². The molecule has 2 N–H and O–H groups in total. The molecule has 4 heteroatoms. The maximum Gasteiger partial charge on any atom is 0.254 e. The molecule has 1 atom stereocenters. The lowest BCUT2D eigenvalue weighted by atomic mass is 10.0. The van der Waals surface area contributed by atoms with E-state index in [1.165, 1.54) is 0 Å². The van der Waals surface area contributed by atoms with Gasteiger partial charge in [0.25, 0.3) is 5.91 Å². The number of fused-ring (bicyclic) bond motifs is 1. The smallest absolute Gasteiger partial charge is 0.254 e. The summed E-state index contributed by atoms with van der Waals surface area (Å²) in [4.78, 5) is 14.2. The fourth-order valence-corrected chi connectivity index (χ4v) is 2.54. The molecule has 0 radical (unpaired) electrons. The number of hydrogen-bond acceptors (Lipinski definition) is 3. The minimum Gasteiger partial charge on any atom is -0.387 e. The molecule has 1 aromatic carbocycles. The summed E-state index contributed by atoms with van der Waals surface area (Å²) in [6.07, 6.45) is 1.72. The molecular formula is C14H18N2O2. The molecule has 1 aliphatic heterocycles. The summed E-state index contributed by atoms with van der Waals surface area (Å²) in [7, 11) is 1.80. The molecule has 1 aromatic rings. The second kappa shape index (κ2) is 4.37. The Balaban J connectivity index is 1.86. The quantitative estimate of drug-likeness (QED) is 0.835. The zero-order valence-electron chi connectivity index (χ0n) is 10.5. The topological polar surface area (TPSA) is 52.6 Å². The highest BCUT2D eigenvalue weighted by Gasteiger charge is 2.38. The van der Waals surface area contributed by atoms with E-state index in [9.17, 15) is 9.90 Å². The zero-order chi connectivity index (χ0) is 12.7. The van der Waals surface area contributed by atoms with Gasteiger partial charge in [-0.25, -0.2) is 0 Å². The van der Waals surface area contributed by atoms with Gasteiger partial charge in [-0.15, -0.1) is 0 Å². The van der Waals surface area contributed by atoms with E-state index in [2.05, 4.69) is 5.32 Å². The lowest BCUT2D eigenvalue weighted by molar-refractivity contribution is 0.0766. The van der Waals surface area contributed by atoms with Crippen LogP contribution in [0.15, 0.2) is 18.2 Å². The number of likely N-dealkylation sites (N-methyl/N-ethyl adjacent to an activating group) is 1. The van der Waals surface area contributed by atoms with E-state index < -0.39 is 6.10 Å². The monoisotopic (exact) mass is 246 g/mol. The van der Waals surface area contributed by atoms with Crippen molar-refractivity contribution >= 4 is 5.91 Å². The summed E-state index contributed by atoms with van der Waals surface area (Å²) in [5.74, 6) is 0.131. The van der Waals surface area contributed by atoms with E-state index >= 15 is 0 Å². The summed E-state index contributed by atoms with van der Waals surface area (Å²) >= 11 is 0. The van der Waals surface area contributed by atoms with Crippen molar-refractivity contribution in [2.75, 3.05) is 13.6 Å². The largest absolute Gasteiger partial charge is 0.387 e. The van der Waals surface area contributed by atoms with E-state index in [1.807, 2.05) is 23.1 Å². The SMILES string of the molecule is CNCC(O)c1ccc2c(c1)C(=O)N(C1CC1)C2.